The van der Waals surface area contributed by atoms with Crippen LogP contribution in [0.3, 0.4) is 0 Å². The Labute approximate surface area is 102 Å². The summed E-state index contributed by atoms with van der Waals surface area (Å²) in [7, 11) is 0. The van der Waals surface area contributed by atoms with Crippen LogP contribution in [0.5, 0.6) is 0 Å². The molecule has 0 saturated heterocycles. The number of ether oxygens (including phenoxy) is 1. The molecule has 1 aromatic rings. The number of hydrogen-bond acceptors (Lipinski definition) is 3. The van der Waals surface area contributed by atoms with Gasteiger partial charge in [0.05, 0.1) is 6.61 Å². The molecule has 1 N–H and O–H groups in total. The van der Waals surface area contributed by atoms with Gasteiger partial charge < -0.3 is 9.84 Å². The van der Waals surface area contributed by atoms with Crippen LogP contribution in [-0.2, 0) is 17.6 Å². The predicted octanol–water partition coefficient (Wildman–Crippen LogP) is 3.03. The van der Waals surface area contributed by atoms with Crippen molar-refractivity contribution in [2.24, 2.45) is 0 Å². The average Bonchev–Trinajstić information content (AvgIpc) is 2.76. The van der Waals surface area contributed by atoms with E-state index in [1.807, 2.05) is 11.3 Å². The Kier molecular flexibility index (Phi) is 7.47. The second-order valence-electron chi connectivity index (χ2n) is 3.92. The number of aliphatic hydroxyl groups is 1. The highest BCUT2D eigenvalue weighted by molar-refractivity contribution is 7.10. The summed E-state index contributed by atoms with van der Waals surface area (Å²) in [4.78, 5) is 1.46. The lowest BCUT2D eigenvalue weighted by atomic mass is 10.2. The number of aliphatic hydroxyl groups excluding tert-OH is 1. The van der Waals surface area contributed by atoms with E-state index in [9.17, 15) is 0 Å². The van der Waals surface area contributed by atoms with E-state index in [-0.39, 0.29) is 0 Å². The molecule has 16 heavy (non-hydrogen) atoms. The molecule has 0 aliphatic rings. The summed E-state index contributed by atoms with van der Waals surface area (Å²) in [5.41, 5.74) is 1.40. The van der Waals surface area contributed by atoms with Crippen LogP contribution < -0.4 is 0 Å². The smallest absolute Gasteiger partial charge is 0.0506 e. The van der Waals surface area contributed by atoms with Gasteiger partial charge >= 0.3 is 0 Å². The summed E-state index contributed by atoms with van der Waals surface area (Å²) >= 11 is 1.84. The minimum atomic E-state index is 0.300. The minimum absolute atomic E-state index is 0.300. The number of rotatable bonds is 9. The van der Waals surface area contributed by atoms with E-state index in [4.69, 9.17) is 9.84 Å². The van der Waals surface area contributed by atoms with Gasteiger partial charge in [-0.1, -0.05) is 6.92 Å². The van der Waals surface area contributed by atoms with Gasteiger partial charge in [-0.25, -0.2) is 0 Å². The zero-order valence-corrected chi connectivity index (χ0v) is 10.9. The van der Waals surface area contributed by atoms with Crippen molar-refractivity contribution in [2.45, 2.75) is 39.0 Å². The molecule has 1 heterocycles. The molecule has 1 rings (SSSR count). The molecule has 0 atom stereocenters. The molecular formula is C13H22O2S. The Balaban J connectivity index is 1.98. The highest BCUT2D eigenvalue weighted by Crippen LogP contribution is 2.15. The predicted molar refractivity (Wildman–Crippen MR) is 69.2 cm³/mol. The average molecular weight is 242 g/mol. The van der Waals surface area contributed by atoms with E-state index in [0.717, 1.165) is 45.3 Å². The van der Waals surface area contributed by atoms with E-state index >= 15 is 0 Å². The lowest BCUT2D eigenvalue weighted by Gasteiger charge is -2.02. The molecule has 0 saturated carbocycles. The van der Waals surface area contributed by atoms with E-state index in [0.29, 0.717) is 6.61 Å². The topological polar surface area (TPSA) is 29.5 Å². The van der Waals surface area contributed by atoms with Gasteiger partial charge in [0, 0.05) is 18.1 Å². The largest absolute Gasteiger partial charge is 0.396 e. The molecule has 0 radical (unpaired) electrons. The fourth-order valence-corrected chi connectivity index (χ4v) is 2.40. The summed E-state index contributed by atoms with van der Waals surface area (Å²) in [6, 6.07) is 2.28. The van der Waals surface area contributed by atoms with Crippen molar-refractivity contribution in [1.29, 1.82) is 0 Å². The van der Waals surface area contributed by atoms with Crippen LogP contribution >= 0.6 is 11.3 Å². The van der Waals surface area contributed by atoms with Crippen molar-refractivity contribution < 1.29 is 9.84 Å². The second-order valence-corrected chi connectivity index (χ2v) is 4.92. The molecule has 1 aromatic heterocycles. The van der Waals surface area contributed by atoms with Gasteiger partial charge in [-0.2, -0.15) is 0 Å². The molecule has 3 heteroatoms. The SMILES string of the molecule is CCc1cc(CCOCCCCCO)cs1. The third-order valence-electron chi connectivity index (χ3n) is 2.54. The molecule has 0 fully saturated rings. The van der Waals surface area contributed by atoms with Gasteiger partial charge in [0.2, 0.25) is 0 Å². The van der Waals surface area contributed by atoms with Crippen LogP contribution in [0.1, 0.15) is 36.6 Å². The van der Waals surface area contributed by atoms with Gasteiger partial charge in [0.15, 0.2) is 0 Å². The Morgan fingerprint density at radius 1 is 1.25 bits per heavy atom. The molecule has 0 aliphatic carbocycles. The monoisotopic (exact) mass is 242 g/mol. The fraction of sp³-hybridized carbons (Fsp3) is 0.692. The summed E-state index contributed by atoms with van der Waals surface area (Å²) in [6.45, 7) is 4.13. The van der Waals surface area contributed by atoms with Crippen molar-refractivity contribution in [2.75, 3.05) is 19.8 Å². The Morgan fingerprint density at radius 2 is 2.12 bits per heavy atom. The maximum absolute atomic E-state index is 8.60. The molecule has 0 bridgehead atoms. The first-order valence-electron chi connectivity index (χ1n) is 6.11. The number of unbranched alkanes of at least 4 members (excludes halogenated alkanes) is 2. The summed E-state index contributed by atoms with van der Waals surface area (Å²) in [5, 5.41) is 10.8. The maximum atomic E-state index is 8.60. The Bertz CT molecular complexity index is 271. The van der Waals surface area contributed by atoms with E-state index in [1.165, 1.54) is 10.4 Å². The van der Waals surface area contributed by atoms with Crippen molar-refractivity contribution >= 4 is 11.3 Å². The number of hydrogen-bond donors (Lipinski definition) is 1. The summed E-state index contributed by atoms with van der Waals surface area (Å²) in [5.74, 6) is 0. The van der Waals surface area contributed by atoms with Crippen molar-refractivity contribution in [3.05, 3.63) is 21.9 Å². The van der Waals surface area contributed by atoms with E-state index < -0.39 is 0 Å². The van der Waals surface area contributed by atoms with Gasteiger partial charge in [0.25, 0.3) is 0 Å². The van der Waals surface area contributed by atoms with Gasteiger partial charge in [-0.05, 0) is 49.1 Å². The molecule has 0 unspecified atom stereocenters. The maximum Gasteiger partial charge on any atom is 0.0506 e. The zero-order chi connectivity index (χ0) is 11.6. The molecule has 2 nitrogen and oxygen atoms in total. The standard InChI is InChI=1S/C13H22O2S/c1-2-13-10-12(11-16-13)6-9-15-8-5-3-4-7-14/h10-11,14H,2-9H2,1H3. The zero-order valence-electron chi connectivity index (χ0n) is 10.1. The van der Waals surface area contributed by atoms with Crippen molar-refractivity contribution in [3.8, 4) is 0 Å². The van der Waals surface area contributed by atoms with Gasteiger partial charge in [0.1, 0.15) is 0 Å². The van der Waals surface area contributed by atoms with Crippen LogP contribution in [0.4, 0.5) is 0 Å². The highest BCUT2D eigenvalue weighted by Gasteiger charge is 1.98. The van der Waals surface area contributed by atoms with Crippen LogP contribution in [0.2, 0.25) is 0 Å². The first kappa shape index (κ1) is 13.7. The second kappa shape index (κ2) is 8.74. The lowest BCUT2D eigenvalue weighted by Crippen LogP contribution is -2.00. The first-order valence-corrected chi connectivity index (χ1v) is 6.99. The molecule has 0 spiro atoms. The van der Waals surface area contributed by atoms with Crippen LogP contribution in [0, 0.1) is 0 Å². The number of aryl methyl sites for hydroxylation is 1. The fourth-order valence-electron chi connectivity index (χ4n) is 1.53. The molecule has 0 aliphatic heterocycles. The molecule has 0 amide bonds. The Hall–Kier alpha value is -0.380. The van der Waals surface area contributed by atoms with Crippen molar-refractivity contribution in [1.82, 2.24) is 0 Å². The lowest BCUT2D eigenvalue weighted by molar-refractivity contribution is 0.131. The van der Waals surface area contributed by atoms with Crippen molar-refractivity contribution in [3.63, 3.8) is 0 Å². The highest BCUT2D eigenvalue weighted by atomic mass is 32.1. The molecular weight excluding hydrogens is 220 g/mol. The van der Waals surface area contributed by atoms with Crippen LogP contribution in [-0.4, -0.2) is 24.9 Å². The molecule has 0 aromatic carbocycles. The molecule has 92 valence electrons. The third-order valence-corrected chi connectivity index (χ3v) is 3.67. The van der Waals surface area contributed by atoms with Gasteiger partial charge in [-0.15, -0.1) is 11.3 Å². The third kappa shape index (κ3) is 5.64. The first-order chi connectivity index (χ1) is 7.86. The van der Waals surface area contributed by atoms with Gasteiger partial charge in [-0.3, -0.25) is 0 Å². The number of thiophene rings is 1. The minimum Gasteiger partial charge on any atom is -0.396 e. The summed E-state index contributed by atoms with van der Waals surface area (Å²) < 4.78 is 5.55. The normalized spacial score (nSPS) is 10.9. The van der Waals surface area contributed by atoms with Crippen LogP contribution in [0.15, 0.2) is 11.4 Å². The summed E-state index contributed by atoms with van der Waals surface area (Å²) in [6.07, 6.45) is 5.18. The Morgan fingerprint density at radius 3 is 2.81 bits per heavy atom. The van der Waals surface area contributed by atoms with Crippen LogP contribution in [0.25, 0.3) is 0 Å². The van der Waals surface area contributed by atoms with E-state index in [2.05, 4.69) is 18.4 Å². The quantitative estimate of drug-likeness (QED) is 0.674. The van der Waals surface area contributed by atoms with E-state index in [1.54, 1.807) is 0 Å².